The predicted octanol–water partition coefficient (Wildman–Crippen LogP) is 3.70. The van der Waals surface area contributed by atoms with E-state index >= 15 is 0 Å². The molecule has 1 amide bonds. The molecule has 0 aliphatic heterocycles. The second kappa shape index (κ2) is 10.3. The van der Waals surface area contributed by atoms with E-state index in [2.05, 4.69) is 24.8 Å². The Labute approximate surface area is 135 Å². The molecule has 0 N–H and O–H groups in total. The number of nitrogens with zero attached hydrogens (tertiary/aromatic N) is 3. The van der Waals surface area contributed by atoms with Gasteiger partial charge in [-0.05, 0) is 25.7 Å². The molecule has 1 aliphatic rings. The molecule has 0 aromatic heterocycles. The van der Waals surface area contributed by atoms with Crippen LogP contribution in [-0.4, -0.2) is 41.9 Å². The van der Waals surface area contributed by atoms with Gasteiger partial charge < -0.3 is 9.80 Å². The average molecular weight is 305 g/mol. The van der Waals surface area contributed by atoms with E-state index < -0.39 is 0 Å². The minimum Gasteiger partial charge on any atom is -0.376 e. The van der Waals surface area contributed by atoms with E-state index in [1.807, 2.05) is 7.05 Å². The topological polar surface area (TPSA) is 47.3 Å². The molecular weight excluding hydrogens is 274 g/mol. The fourth-order valence-electron chi connectivity index (χ4n) is 3.03. The van der Waals surface area contributed by atoms with Crippen molar-refractivity contribution in [3.05, 3.63) is 11.8 Å². The van der Waals surface area contributed by atoms with Gasteiger partial charge in [-0.3, -0.25) is 4.79 Å². The molecule has 0 aromatic carbocycles. The van der Waals surface area contributed by atoms with E-state index in [-0.39, 0.29) is 11.5 Å². The first-order valence-corrected chi connectivity index (χ1v) is 8.77. The maximum Gasteiger partial charge on any atom is 0.265 e. The lowest BCUT2D eigenvalue weighted by Gasteiger charge is -2.31. The Kier molecular flexibility index (Phi) is 8.65. The summed E-state index contributed by atoms with van der Waals surface area (Å²) in [6, 6.07) is 2.41. The van der Waals surface area contributed by atoms with Crippen molar-refractivity contribution < 1.29 is 4.79 Å². The van der Waals surface area contributed by atoms with Crippen LogP contribution in [0, 0.1) is 11.3 Å². The van der Waals surface area contributed by atoms with Gasteiger partial charge in [-0.25, -0.2) is 0 Å². The van der Waals surface area contributed by atoms with E-state index in [4.69, 9.17) is 0 Å². The van der Waals surface area contributed by atoms with Crippen LogP contribution in [0.1, 0.15) is 65.2 Å². The molecule has 1 fully saturated rings. The summed E-state index contributed by atoms with van der Waals surface area (Å²) in [5, 5.41) is 9.39. The van der Waals surface area contributed by atoms with Crippen LogP contribution in [0.5, 0.6) is 0 Å². The Morgan fingerprint density at radius 1 is 1.18 bits per heavy atom. The minimum atomic E-state index is -0.119. The normalized spacial score (nSPS) is 16.2. The first-order valence-electron chi connectivity index (χ1n) is 8.77. The number of unbranched alkanes of at least 4 members (excludes halogenated alkanes) is 1. The lowest BCUT2D eigenvalue weighted by atomic mass is 9.94. The van der Waals surface area contributed by atoms with Crippen LogP contribution in [0.25, 0.3) is 0 Å². The summed E-state index contributed by atoms with van der Waals surface area (Å²) in [5.41, 5.74) is 0.276. The second-order valence-electron chi connectivity index (χ2n) is 6.25. The van der Waals surface area contributed by atoms with Gasteiger partial charge in [0, 0.05) is 32.4 Å². The van der Waals surface area contributed by atoms with Crippen molar-refractivity contribution in [2.75, 3.05) is 20.1 Å². The lowest BCUT2D eigenvalue weighted by Crippen LogP contribution is -2.39. The van der Waals surface area contributed by atoms with Crippen molar-refractivity contribution in [2.45, 2.75) is 71.3 Å². The summed E-state index contributed by atoms with van der Waals surface area (Å²) in [5.74, 6) is -0.119. The van der Waals surface area contributed by atoms with Crippen molar-refractivity contribution in [3.63, 3.8) is 0 Å². The third-order valence-corrected chi connectivity index (χ3v) is 4.41. The molecule has 1 saturated carbocycles. The first kappa shape index (κ1) is 18.5. The molecule has 1 rings (SSSR count). The Morgan fingerprint density at radius 2 is 1.86 bits per heavy atom. The Morgan fingerprint density at radius 3 is 2.41 bits per heavy atom. The molecule has 0 radical (unpaired) electrons. The molecule has 0 unspecified atom stereocenters. The molecule has 0 atom stereocenters. The molecule has 124 valence electrons. The molecule has 22 heavy (non-hydrogen) atoms. The van der Waals surface area contributed by atoms with Gasteiger partial charge in [0.25, 0.3) is 5.91 Å². The predicted molar refractivity (Wildman–Crippen MR) is 90.1 cm³/mol. The summed E-state index contributed by atoms with van der Waals surface area (Å²) >= 11 is 0. The SMILES string of the molecule is CCCCN(/C=C(/C#N)C(=O)N(C)C1CCCCC1)CCC. The molecule has 0 aromatic rings. The Bertz CT molecular complexity index is 405. The summed E-state index contributed by atoms with van der Waals surface area (Å²) in [4.78, 5) is 16.5. The van der Waals surface area contributed by atoms with Crippen LogP contribution in [0.4, 0.5) is 0 Å². The summed E-state index contributed by atoms with van der Waals surface area (Å²) in [6.07, 6.45) is 10.8. The fourth-order valence-corrected chi connectivity index (χ4v) is 3.03. The van der Waals surface area contributed by atoms with Crippen LogP contribution >= 0.6 is 0 Å². The van der Waals surface area contributed by atoms with Crippen molar-refractivity contribution in [3.8, 4) is 6.07 Å². The third-order valence-electron chi connectivity index (χ3n) is 4.41. The highest BCUT2D eigenvalue weighted by atomic mass is 16.2. The van der Waals surface area contributed by atoms with Gasteiger partial charge in [0.15, 0.2) is 0 Å². The minimum absolute atomic E-state index is 0.119. The molecule has 0 heterocycles. The lowest BCUT2D eigenvalue weighted by molar-refractivity contribution is -0.128. The monoisotopic (exact) mass is 305 g/mol. The number of carbonyl (C=O) groups excluding carboxylic acids is 1. The van der Waals surface area contributed by atoms with Crippen LogP contribution in [0.15, 0.2) is 11.8 Å². The molecule has 0 saturated heterocycles. The number of hydrogen-bond acceptors (Lipinski definition) is 3. The van der Waals surface area contributed by atoms with Gasteiger partial charge in [0.05, 0.1) is 0 Å². The zero-order valence-corrected chi connectivity index (χ0v) is 14.5. The van der Waals surface area contributed by atoms with Crippen LogP contribution in [0.3, 0.4) is 0 Å². The maximum absolute atomic E-state index is 12.6. The highest BCUT2D eigenvalue weighted by Gasteiger charge is 2.24. The quantitative estimate of drug-likeness (QED) is 0.507. The number of likely N-dealkylation sites (N-methyl/N-ethyl adjacent to an activating group) is 1. The fraction of sp³-hybridized carbons (Fsp3) is 0.778. The van der Waals surface area contributed by atoms with E-state index in [0.29, 0.717) is 6.04 Å². The van der Waals surface area contributed by atoms with E-state index in [0.717, 1.165) is 45.2 Å². The smallest absolute Gasteiger partial charge is 0.265 e. The van der Waals surface area contributed by atoms with Crippen molar-refractivity contribution in [2.24, 2.45) is 0 Å². The standard InChI is InChI=1S/C18H31N3O/c1-4-6-13-21(12-5-2)15-16(14-19)18(22)20(3)17-10-8-7-9-11-17/h15,17H,4-13H2,1-3H3/b16-15-. The highest BCUT2D eigenvalue weighted by molar-refractivity contribution is 5.97. The van der Waals surface area contributed by atoms with Crippen molar-refractivity contribution in [1.29, 1.82) is 5.26 Å². The maximum atomic E-state index is 12.6. The average Bonchev–Trinajstić information content (AvgIpc) is 2.56. The van der Waals surface area contributed by atoms with Gasteiger partial charge >= 0.3 is 0 Å². The second-order valence-corrected chi connectivity index (χ2v) is 6.25. The van der Waals surface area contributed by atoms with E-state index in [9.17, 15) is 10.1 Å². The van der Waals surface area contributed by atoms with Crippen molar-refractivity contribution in [1.82, 2.24) is 9.80 Å². The summed E-state index contributed by atoms with van der Waals surface area (Å²) in [6.45, 7) is 6.08. The number of carbonyl (C=O) groups is 1. The van der Waals surface area contributed by atoms with Crippen LogP contribution < -0.4 is 0 Å². The third kappa shape index (κ3) is 5.71. The molecule has 1 aliphatic carbocycles. The first-order chi connectivity index (χ1) is 10.6. The zero-order valence-electron chi connectivity index (χ0n) is 14.5. The molecular formula is C18H31N3O. The van der Waals surface area contributed by atoms with Gasteiger partial charge in [0.2, 0.25) is 0 Å². The number of nitriles is 1. The van der Waals surface area contributed by atoms with Crippen LogP contribution in [-0.2, 0) is 4.79 Å². The Hall–Kier alpha value is -1.50. The van der Waals surface area contributed by atoms with Gasteiger partial charge in [0.1, 0.15) is 11.6 Å². The Balaban J connectivity index is 2.75. The number of amides is 1. The van der Waals surface area contributed by atoms with Crippen molar-refractivity contribution >= 4 is 5.91 Å². The van der Waals surface area contributed by atoms with Gasteiger partial charge in [-0.2, -0.15) is 5.26 Å². The van der Waals surface area contributed by atoms with Crippen LogP contribution in [0.2, 0.25) is 0 Å². The molecule has 4 heteroatoms. The largest absolute Gasteiger partial charge is 0.376 e. The molecule has 0 bridgehead atoms. The molecule has 0 spiro atoms. The van der Waals surface area contributed by atoms with E-state index in [1.165, 1.54) is 19.3 Å². The van der Waals surface area contributed by atoms with Gasteiger partial charge in [-0.15, -0.1) is 0 Å². The summed E-state index contributed by atoms with van der Waals surface area (Å²) < 4.78 is 0. The zero-order chi connectivity index (χ0) is 16.4. The highest BCUT2D eigenvalue weighted by Crippen LogP contribution is 2.22. The van der Waals surface area contributed by atoms with E-state index in [1.54, 1.807) is 11.1 Å². The molecule has 4 nitrogen and oxygen atoms in total. The summed E-state index contributed by atoms with van der Waals surface area (Å²) in [7, 11) is 1.85. The number of hydrogen-bond donors (Lipinski definition) is 0. The van der Waals surface area contributed by atoms with Gasteiger partial charge in [-0.1, -0.05) is 39.5 Å². The number of rotatable bonds is 8.